The molecule has 1 rings (SSSR count). The van der Waals surface area contributed by atoms with Gasteiger partial charge in [0.2, 0.25) is 0 Å². The fourth-order valence-corrected chi connectivity index (χ4v) is 1.68. The molecular weight excluding hydrogens is 259 g/mol. The molecule has 1 unspecified atom stereocenters. The van der Waals surface area contributed by atoms with Crippen LogP contribution < -0.4 is 11.1 Å². The quantitative estimate of drug-likeness (QED) is 0.334. The molecule has 0 spiro atoms. The van der Waals surface area contributed by atoms with Crippen molar-refractivity contribution in [3.05, 3.63) is 35.4 Å². The second kappa shape index (κ2) is 6.42. The third-order valence-electron chi connectivity index (χ3n) is 2.58. The highest BCUT2D eigenvalue weighted by atomic mass is 19.4. The topological polar surface area (TPSA) is 70.6 Å². The van der Waals surface area contributed by atoms with Crippen molar-refractivity contribution >= 4 is 5.84 Å². The third-order valence-corrected chi connectivity index (χ3v) is 2.58. The monoisotopic (exact) mass is 275 g/mol. The number of benzene rings is 1. The minimum atomic E-state index is -4.20. The highest BCUT2D eigenvalue weighted by Crippen LogP contribution is 2.21. The predicted molar refractivity (Wildman–Crippen MR) is 65.9 cm³/mol. The van der Waals surface area contributed by atoms with Gasteiger partial charge in [0.15, 0.2) is 5.84 Å². The molecule has 0 aliphatic rings. The van der Waals surface area contributed by atoms with Gasteiger partial charge < -0.3 is 16.3 Å². The van der Waals surface area contributed by atoms with E-state index in [2.05, 4.69) is 10.5 Å². The second-order valence-electron chi connectivity index (χ2n) is 4.24. The Labute approximate surface area is 109 Å². The van der Waals surface area contributed by atoms with Crippen LogP contribution in [0, 0.1) is 0 Å². The molecular formula is C12H16F3N3O. The number of alkyl halides is 3. The molecule has 7 heteroatoms. The summed E-state index contributed by atoms with van der Waals surface area (Å²) in [6.45, 7) is 1.67. The van der Waals surface area contributed by atoms with Crippen LogP contribution in [-0.2, 0) is 6.54 Å². The minimum Gasteiger partial charge on any atom is -0.409 e. The molecule has 0 saturated heterocycles. The summed E-state index contributed by atoms with van der Waals surface area (Å²) in [4.78, 5) is 0. The van der Waals surface area contributed by atoms with Crippen molar-refractivity contribution in [1.29, 1.82) is 0 Å². The highest BCUT2D eigenvalue weighted by molar-refractivity contribution is 5.98. The van der Waals surface area contributed by atoms with Gasteiger partial charge in [-0.1, -0.05) is 29.4 Å². The normalized spacial score (nSPS) is 14.4. The molecule has 106 valence electrons. The Morgan fingerprint density at radius 2 is 2.05 bits per heavy atom. The molecule has 0 fully saturated rings. The van der Waals surface area contributed by atoms with Gasteiger partial charge in [-0.3, -0.25) is 0 Å². The maximum Gasteiger partial charge on any atom is 0.390 e. The van der Waals surface area contributed by atoms with Gasteiger partial charge >= 0.3 is 6.18 Å². The van der Waals surface area contributed by atoms with Crippen molar-refractivity contribution in [2.75, 3.05) is 0 Å². The van der Waals surface area contributed by atoms with E-state index in [1.54, 1.807) is 24.3 Å². The van der Waals surface area contributed by atoms with Gasteiger partial charge in [0, 0.05) is 18.2 Å². The summed E-state index contributed by atoms with van der Waals surface area (Å²) in [5.41, 5.74) is 6.67. The Kier molecular flexibility index (Phi) is 5.17. The Bertz CT molecular complexity index is 446. The van der Waals surface area contributed by atoms with Crippen LogP contribution in [0.4, 0.5) is 13.2 Å². The molecule has 19 heavy (non-hydrogen) atoms. The fraction of sp³-hybridized carbons (Fsp3) is 0.417. The number of nitrogens with two attached hydrogens (primary N) is 1. The van der Waals surface area contributed by atoms with E-state index in [1.807, 2.05) is 0 Å². The van der Waals surface area contributed by atoms with Crippen LogP contribution in [0.25, 0.3) is 0 Å². The molecule has 1 aromatic carbocycles. The SMILES string of the molecule is CC(CC(F)(F)F)NCc1ccccc1/C(N)=N/O. The van der Waals surface area contributed by atoms with Crippen LogP contribution in [0.5, 0.6) is 0 Å². The largest absolute Gasteiger partial charge is 0.409 e. The average molecular weight is 275 g/mol. The number of halogens is 3. The van der Waals surface area contributed by atoms with Gasteiger partial charge in [-0.25, -0.2) is 0 Å². The van der Waals surface area contributed by atoms with Crippen molar-refractivity contribution in [2.24, 2.45) is 10.9 Å². The van der Waals surface area contributed by atoms with Crippen LogP contribution >= 0.6 is 0 Å². The maximum atomic E-state index is 12.2. The van der Waals surface area contributed by atoms with Crippen molar-refractivity contribution in [1.82, 2.24) is 5.32 Å². The third kappa shape index (κ3) is 5.17. The maximum absolute atomic E-state index is 12.2. The Morgan fingerprint density at radius 3 is 2.63 bits per heavy atom. The van der Waals surface area contributed by atoms with Gasteiger partial charge in [-0.05, 0) is 12.5 Å². The van der Waals surface area contributed by atoms with Crippen LogP contribution in [0.3, 0.4) is 0 Å². The molecule has 0 aromatic heterocycles. The number of hydrogen-bond donors (Lipinski definition) is 3. The van der Waals surface area contributed by atoms with Gasteiger partial charge in [0.05, 0.1) is 6.42 Å². The van der Waals surface area contributed by atoms with Gasteiger partial charge in [0.1, 0.15) is 0 Å². The summed E-state index contributed by atoms with van der Waals surface area (Å²) in [6, 6.07) is 6.08. The van der Waals surface area contributed by atoms with Gasteiger partial charge in [-0.2, -0.15) is 13.2 Å². The summed E-state index contributed by atoms with van der Waals surface area (Å²) < 4.78 is 36.5. The van der Waals surface area contributed by atoms with E-state index in [0.29, 0.717) is 11.1 Å². The summed E-state index contributed by atoms with van der Waals surface area (Å²) in [5.74, 6) is -0.0686. The van der Waals surface area contributed by atoms with E-state index in [4.69, 9.17) is 10.9 Å². The number of rotatable bonds is 5. The zero-order valence-electron chi connectivity index (χ0n) is 10.4. The Balaban J connectivity index is 2.68. The first kappa shape index (κ1) is 15.3. The first-order valence-corrected chi connectivity index (χ1v) is 5.69. The molecule has 1 aromatic rings. The van der Waals surface area contributed by atoms with Crippen molar-refractivity contribution in [2.45, 2.75) is 32.1 Å². The number of oxime groups is 1. The molecule has 1 atom stereocenters. The molecule has 0 aliphatic carbocycles. The lowest BCUT2D eigenvalue weighted by molar-refractivity contribution is -0.139. The first-order valence-electron chi connectivity index (χ1n) is 5.69. The molecule has 0 heterocycles. The molecule has 0 amide bonds. The van der Waals surface area contributed by atoms with Crippen molar-refractivity contribution < 1.29 is 18.4 Å². The van der Waals surface area contributed by atoms with Crippen LogP contribution in [-0.4, -0.2) is 23.3 Å². The molecule has 0 saturated carbocycles. The Hall–Kier alpha value is -1.76. The molecule has 4 nitrogen and oxygen atoms in total. The molecule has 0 radical (unpaired) electrons. The lowest BCUT2D eigenvalue weighted by atomic mass is 10.1. The first-order chi connectivity index (χ1) is 8.83. The van der Waals surface area contributed by atoms with E-state index in [-0.39, 0.29) is 12.4 Å². The number of amidine groups is 1. The van der Waals surface area contributed by atoms with Crippen molar-refractivity contribution in [3.8, 4) is 0 Å². The minimum absolute atomic E-state index is 0.0686. The van der Waals surface area contributed by atoms with E-state index >= 15 is 0 Å². The second-order valence-corrected chi connectivity index (χ2v) is 4.24. The van der Waals surface area contributed by atoms with Gasteiger partial charge in [0.25, 0.3) is 0 Å². The summed E-state index contributed by atoms with van der Waals surface area (Å²) in [6.07, 6.45) is -5.10. The number of nitrogens with zero attached hydrogens (tertiary/aromatic N) is 1. The summed E-state index contributed by atoms with van der Waals surface area (Å²) in [5, 5.41) is 14.3. The zero-order valence-corrected chi connectivity index (χ0v) is 10.4. The number of hydrogen-bond acceptors (Lipinski definition) is 3. The predicted octanol–water partition coefficient (Wildman–Crippen LogP) is 2.21. The van der Waals surface area contributed by atoms with E-state index in [9.17, 15) is 13.2 Å². The van der Waals surface area contributed by atoms with Crippen LogP contribution in [0.2, 0.25) is 0 Å². The van der Waals surface area contributed by atoms with Crippen molar-refractivity contribution in [3.63, 3.8) is 0 Å². The van der Waals surface area contributed by atoms with E-state index in [0.717, 1.165) is 0 Å². The average Bonchev–Trinajstić information content (AvgIpc) is 2.33. The smallest absolute Gasteiger partial charge is 0.390 e. The van der Waals surface area contributed by atoms with E-state index in [1.165, 1.54) is 6.92 Å². The number of nitrogens with one attached hydrogen (secondary N) is 1. The lowest BCUT2D eigenvalue weighted by Gasteiger charge is -2.17. The summed E-state index contributed by atoms with van der Waals surface area (Å²) >= 11 is 0. The molecule has 0 bridgehead atoms. The fourth-order valence-electron chi connectivity index (χ4n) is 1.68. The standard InChI is InChI=1S/C12H16F3N3O/c1-8(6-12(13,14)15)17-7-9-4-2-3-5-10(9)11(16)18-19/h2-5,8,17,19H,6-7H2,1H3,(H2,16,18). The van der Waals surface area contributed by atoms with Gasteiger partial charge in [-0.15, -0.1) is 0 Å². The molecule has 4 N–H and O–H groups in total. The van der Waals surface area contributed by atoms with Crippen LogP contribution in [0.1, 0.15) is 24.5 Å². The lowest BCUT2D eigenvalue weighted by Crippen LogP contribution is -2.31. The molecule has 0 aliphatic heterocycles. The van der Waals surface area contributed by atoms with E-state index < -0.39 is 18.6 Å². The summed E-state index contributed by atoms with van der Waals surface area (Å²) in [7, 11) is 0. The van der Waals surface area contributed by atoms with Crippen LogP contribution in [0.15, 0.2) is 29.4 Å². The Morgan fingerprint density at radius 1 is 1.42 bits per heavy atom. The zero-order chi connectivity index (χ0) is 14.5. The highest BCUT2D eigenvalue weighted by Gasteiger charge is 2.29.